The number of benzene rings is 3. The number of nitrogens with two attached hydrogens (primary N) is 1. The lowest BCUT2D eigenvalue weighted by molar-refractivity contribution is -0.146. The lowest BCUT2D eigenvalue weighted by Crippen LogP contribution is -2.45. The number of nitrogens with one attached hydrogen (secondary N) is 1. The van der Waals surface area contributed by atoms with Crippen molar-refractivity contribution in [2.45, 2.75) is 57.5 Å². The van der Waals surface area contributed by atoms with E-state index >= 15 is 0 Å². The van der Waals surface area contributed by atoms with Crippen LogP contribution < -0.4 is 20.1 Å². The molecule has 6 rings (SSSR count). The lowest BCUT2D eigenvalue weighted by atomic mass is 9.96. The van der Waals surface area contributed by atoms with Gasteiger partial charge >= 0.3 is 13.7 Å². The number of nitrogen functional groups attached to an aromatic ring is 1. The lowest BCUT2D eigenvalue weighted by Gasteiger charge is -2.28. The van der Waals surface area contributed by atoms with Crippen molar-refractivity contribution in [1.29, 1.82) is 0 Å². The first-order chi connectivity index (χ1) is 23.9. The maximum Gasteiger partial charge on any atom is 0.459 e. The molecule has 1 saturated heterocycles. The summed E-state index contributed by atoms with van der Waals surface area (Å²) in [5, 5.41) is 27.0. The molecule has 50 heavy (non-hydrogen) atoms. The quantitative estimate of drug-likeness (QED) is 0.0560. The molecule has 6 atom stereocenters. The van der Waals surface area contributed by atoms with E-state index in [1.54, 1.807) is 31.2 Å². The summed E-state index contributed by atoms with van der Waals surface area (Å²) in [4.78, 5) is 25.9. The first-order valence-electron chi connectivity index (χ1n) is 15.7. The number of aromatic nitrogens is 4. The second-order valence-corrected chi connectivity index (χ2v) is 14.4. The molecule has 3 aromatic carbocycles. The van der Waals surface area contributed by atoms with E-state index in [1.165, 1.54) is 18.4 Å². The third-order valence-electron chi connectivity index (χ3n) is 8.06. The van der Waals surface area contributed by atoms with Crippen molar-refractivity contribution in [3.63, 3.8) is 0 Å². The summed E-state index contributed by atoms with van der Waals surface area (Å²) in [5.41, 5.74) is 5.30. The highest BCUT2D eigenvalue weighted by molar-refractivity contribution is 14.1. The van der Waals surface area contributed by atoms with Crippen LogP contribution in [0.5, 0.6) is 11.6 Å². The summed E-state index contributed by atoms with van der Waals surface area (Å²) in [5.74, 6) is -0.415. The fourth-order valence-electron chi connectivity index (χ4n) is 5.55. The van der Waals surface area contributed by atoms with Crippen LogP contribution in [0.2, 0.25) is 0 Å². The zero-order chi connectivity index (χ0) is 35.6. The topological polar surface area (TPSA) is 202 Å². The smallest absolute Gasteiger partial charge is 0.459 e. The Balaban J connectivity index is 1.25. The number of fused-ring (bicyclic) bond motifs is 2. The highest BCUT2D eigenvalue weighted by atomic mass is 127. The minimum atomic E-state index is -4.42. The van der Waals surface area contributed by atoms with E-state index in [0.717, 1.165) is 10.9 Å². The Labute approximate surface area is 300 Å². The van der Waals surface area contributed by atoms with Gasteiger partial charge in [-0.25, -0.2) is 9.55 Å². The largest absolute Gasteiger partial charge is 0.476 e. The predicted molar refractivity (Wildman–Crippen MR) is 191 cm³/mol. The molecular formula is C33H36IN6O9P. The molecule has 0 radical (unpaired) electrons. The molecule has 0 amide bonds. The SMILES string of the molecule is CCOc1nc(N)nc2c1nc(I)n2C1O[C@H](COP(=O)(N[C@@H](C)C(=O)OCc2ccccc2)Oc2cccc3ccccc23)[C@@H](O)[C@@]1(C)O. The zero-order valence-corrected chi connectivity index (χ0v) is 30.4. The van der Waals surface area contributed by atoms with Gasteiger partial charge in [-0.2, -0.15) is 15.1 Å². The van der Waals surface area contributed by atoms with Crippen molar-refractivity contribution < 1.29 is 42.8 Å². The van der Waals surface area contributed by atoms with E-state index in [1.807, 2.05) is 71.1 Å². The number of halogens is 1. The normalized spacial score (nSPS) is 22.3. The molecule has 15 nitrogen and oxygen atoms in total. The second-order valence-electron chi connectivity index (χ2n) is 11.7. The van der Waals surface area contributed by atoms with Gasteiger partial charge < -0.3 is 34.7 Å². The van der Waals surface area contributed by atoms with Gasteiger partial charge in [-0.15, -0.1) is 0 Å². The minimum absolute atomic E-state index is 0.00394. The molecule has 0 aliphatic carbocycles. The van der Waals surface area contributed by atoms with E-state index in [4.69, 9.17) is 29.0 Å². The molecule has 2 aromatic heterocycles. The van der Waals surface area contributed by atoms with E-state index in [0.29, 0.717) is 15.8 Å². The van der Waals surface area contributed by atoms with Gasteiger partial charge in [0.05, 0.1) is 13.2 Å². The van der Waals surface area contributed by atoms with Crippen molar-refractivity contribution in [2.75, 3.05) is 18.9 Å². The first kappa shape index (κ1) is 35.9. The van der Waals surface area contributed by atoms with Crippen LogP contribution in [0.3, 0.4) is 0 Å². The number of anilines is 1. The average Bonchev–Trinajstić information content (AvgIpc) is 3.53. The van der Waals surface area contributed by atoms with Gasteiger partial charge in [-0.05, 0) is 37.8 Å². The standard InChI is InChI=1S/C33H36IN6O9P/c1-4-45-28-25-27(37-32(35)38-28)40(31(34)36-25)30-33(3,43)26(41)24(48-30)18-47-50(44,49-23-16-10-14-21-13-8-9-15-22(21)23)39-19(2)29(42)46-17-20-11-6-5-7-12-20/h5-16,19,24,26,30,41,43H,4,17-18H2,1-3H3,(H,39,44)(H2,35,37,38)/t19-,24+,26+,30?,33+,50?/m0/s1. The number of nitrogens with zero attached hydrogens (tertiary/aromatic N) is 4. The summed E-state index contributed by atoms with van der Waals surface area (Å²) in [6.07, 6.45) is -4.03. The maximum absolute atomic E-state index is 14.5. The number of hydrogen-bond acceptors (Lipinski definition) is 13. The van der Waals surface area contributed by atoms with E-state index in [-0.39, 0.29) is 35.3 Å². The number of hydrogen-bond donors (Lipinski definition) is 4. The predicted octanol–water partition coefficient (Wildman–Crippen LogP) is 4.50. The molecule has 1 fully saturated rings. The second kappa shape index (κ2) is 14.8. The highest BCUT2D eigenvalue weighted by Gasteiger charge is 2.55. The monoisotopic (exact) mass is 818 g/mol. The Morgan fingerprint density at radius 1 is 1.12 bits per heavy atom. The number of rotatable bonds is 13. The van der Waals surface area contributed by atoms with Gasteiger partial charge in [-0.1, -0.05) is 66.7 Å². The molecule has 1 aliphatic heterocycles. The number of carbonyl (C=O) groups is 1. The van der Waals surface area contributed by atoms with Crippen molar-refractivity contribution in [2.24, 2.45) is 0 Å². The number of ether oxygens (including phenoxy) is 3. The van der Waals surface area contributed by atoms with Crippen molar-refractivity contribution in [3.05, 3.63) is 82.2 Å². The molecule has 0 bridgehead atoms. The number of imidazole rings is 1. The number of esters is 1. The summed E-state index contributed by atoms with van der Waals surface area (Å²) in [7, 11) is -4.42. The van der Waals surface area contributed by atoms with Crippen LogP contribution in [-0.2, 0) is 30.0 Å². The van der Waals surface area contributed by atoms with Crippen molar-refractivity contribution >= 4 is 64.2 Å². The van der Waals surface area contributed by atoms with Gasteiger partial charge in [0.15, 0.2) is 21.2 Å². The Morgan fingerprint density at radius 2 is 1.84 bits per heavy atom. The van der Waals surface area contributed by atoms with Crippen LogP contribution in [0.1, 0.15) is 32.6 Å². The maximum atomic E-state index is 14.5. The summed E-state index contributed by atoms with van der Waals surface area (Å²) in [6.45, 7) is 4.40. The average molecular weight is 819 g/mol. The van der Waals surface area contributed by atoms with Crippen molar-refractivity contribution in [1.82, 2.24) is 24.6 Å². The Bertz CT molecular complexity index is 2040. The Kier molecular flexibility index (Phi) is 10.6. The molecule has 2 unspecified atom stereocenters. The molecule has 17 heteroatoms. The van der Waals surface area contributed by atoms with E-state index < -0.39 is 50.4 Å². The van der Waals surface area contributed by atoms with Crippen LogP contribution in [0.4, 0.5) is 5.95 Å². The van der Waals surface area contributed by atoms with E-state index in [9.17, 15) is 19.6 Å². The molecule has 1 aliphatic rings. The fourth-order valence-corrected chi connectivity index (χ4v) is 7.79. The van der Waals surface area contributed by atoms with Crippen LogP contribution >= 0.6 is 30.3 Å². The fraction of sp³-hybridized carbons (Fsp3) is 0.333. The molecule has 0 spiro atoms. The molecule has 5 aromatic rings. The Morgan fingerprint density at radius 3 is 2.60 bits per heavy atom. The number of aliphatic hydroxyl groups is 2. The van der Waals surface area contributed by atoms with E-state index in [2.05, 4.69) is 20.0 Å². The zero-order valence-electron chi connectivity index (χ0n) is 27.3. The minimum Gasteiger partial charge on any atom is -0.476 e. The molecule has 3 heterocycles. The molecule has 264 valence electrons. The first-order valence-corrected chi connectivity index (χ1v) is 18.3. The van der Waals surface area contributed by atoms with Crippen LogP contribution in [0.25, 0.3) is 21.9 Å². The number of carbonyl (C=O) groups excluding carboxylic acids is 1. The van der Waals surface area contributed by atoms with Crippen LogP contribution in [0, 0.1) is 3.83 Å². The summed E-state index contributed by atoms with van der Waals surface area (Å²) < 4.78 is 45.4. The van der Waals surface area contributed by atoms with Gasteiger partial charge in [0.25, 0.3) is 0 Å². The van der Waals surface area contributed by atoms with Gasteiger partial charge in [0, 0.05) is 28.0 Å². The summed E-state index contributed by atoms with van der Waals surface area (Å²) in [6, 6.07) is 20.5. The summed E-state index contributed by atoms with van der Waals surface area (Å²) >= 11 is 1.94. The van der Waals surface area contributed by atoms with Gasteiger partial charge in [-0.3, -0.25) is 13.9 Å². The molecule has 0 saturated carbocycles. The van der Waals surface area contributed by atoms with Crippen molar-refractivity contribution in [3.8, 4) is 11.6 Å². The number of aliphatic hydroxyl groups excluding tert-OH is 1. The third kappa shape index (κ3) is 7.42. The molecule has 5 N–H and O–H groups in total. The van der Waals surface area contributed by atoms with Gasteiger partial charge in [0.1, 0.15) is 36.2 Å². The highest BCUT2D eigenvalue weighted by Crippen LogP contribution is 2.49. The van der Waals surface area contributed by atoms with Gasteiger partial charge in [0.2, 0.25) is 11.8 Å². The molecular weight excluding hydrogens is 782 g/mol. The van der Waals surface area contributed by atoms with Crippen LogP contribution in [0.15, 0.2) is 72.8 Å². The van der Waals surface area contributed by atoms with Crippen LogP contribution in [-0.4, -0.2) is 72.8 Å². The third-order valence-corrected chi connectivity index (χ3v) is 10.4. The Hall–Kier alpha value is -3.90.